The van der Waals surface area contributed by atoms with Gasteiger partial charge in [-0.25, -0.2) is 4.98 Å². The fourth-order valence-electron chi connectivity index (χ4n) is 2.43. The molecule has 0 aliphatic carbocycles. The maximum absolute atomic E-state index is 7.55. The molecule has 0 bridgehead atoms. The van der Waals surface area contributed by atoms with Gasteiger partial charge < -0.3 is 15.5 Å². The van der Waals surface area contributed by atoms with Crippen molar-refractivity contribution >= 4 is 11.7 Å². The number of hydrogen-bond acceptors (Lipinski definition) is 4. The summed E-state index contributed by atoms with van der Waals surface area (Å²) in [5.74, 6) is 1.03. The first-order valence-electron chi connectivity index (χ1n) is 6.25. The molecule has 1 atom stereocenters. The molecule has 1 aliphatic rings. The highest BCUT2D eigenvalue weighted by atomic mass is 15.3. The lowest BCUT2D eigenvalue weighted by Crippen LogP contribution is -2.50. The van der Waals surface area contributed by atoms with Crippen molar-refractivity contribution in [3.8, 4) is 0 Å². The fraction of sp³-hybridized carbons (Fsp3) is 0.538. The van der Waals surface area contributed by atoms with E-state index < -0.39 is 0 Å². The molecule has 5 nitrogen and oxygen atoms in total. The number of nitrogens with zero attached hydrogens (tertiary/aromatic N) is 3. The highest BCUT2D eigenvalue weighted by Crippen LogP contribution is 2.20. The van der Waals surface area contributed by atoms with Crippen LogP contribution in [-0.4, -0.2) is 48.4 Å². The number of nitrogens with two attached hydrogens (primary N) is 1. The summed E-state index contributed by atoms with van der Waals surface area (Å²) in [6.07, 6.45) is 0. The molecule has 0 spiro atoms. The zero-order valence-corrected chi connectivity index (χ0v) is 11.3. The first kappa shape index (κ1) is 12.8. The summed E-state index contributed by atoms with van der Waals surface area (Å²) >= 11 is 0. The van der Waals surface area contributed by atoms with Crippen LogP contribution >= 0.6 is 0 Å². The Hall–Kier alpha value is -1.62. The Morgan fingerprint density at radius 3 is 2.78 bits per heavy atom. The van der Waals surface area contributed by atoms with Gasteiger partial charge in [0.25, 0.3) is 0 Å². The van der Waals surface area contributed by atoms with Crippen LogP contribution in [0.25, 0.3) is 0 Å². The Labute approximate surface area is 108 Å². The summed E-state index contributed by atoms with van der Waals surface area (Å²) in [6, 6.07) is 4.20. The minimum absolute atomic E-state index is 0.100. The van der Waals surface area contributed by atoms with Crippen LogP contribution in [0.4, 0.5) is 5.82 Å². The zero-order chi connectivity index (χ0) is 13.3. The van der Waals surface area contributed by atoms with Gasteiger partial charge in [0.15, 0.2) is 0 Å². The minimum atomic E-state index is 0.100. The molecule has 98 valence electrons. The molecule has 2 heterocycles. The molecular weight excluding hydrogens is 226 g/mol. The third-order valence-electron chi connectivity index (χ3n) is 3.38. The molecule has 1 aromatic heterocycles. The van der Waals surface area contributed by atoms with Crippen LogP contribution in [0.15, 0.2) is 12.1 Å². The molecule has 0 aromatic carbocycles. The lowest BCUT2D eigenvalue weighted by atomic mass is 10.1. The average Bonchev–Trinajstić information content (AvgIpc) is 2.27. The van der Waals surface area contributed by atoms with Crippen molar-refractivity contribution < 1.29 is 0 Å². The smallest absolute Gasteiger partial charge is 0.129 e. The van der Waals surface area contributed by atoms with Gasteiger partial charge in [-0.15, -0.1) is 0 Å². The molecule has 5 heteroatoms. The molecule has 0 amide bonds. The monoisotopic (exact) mass is 247 g/mol. The van der Waals surface area contributed by atoms with Gasteiger partial charge in [-0.05, 0) is 33.0 Å². The van der Waals surface area contributed by atoms with E-state index in [9.17, 15) is 0 Å². The third-order valence-corrected chi connectivity index (χ3v) is 3.38. The summed E-state index contributed by atoms with van der Waals surface area (Å²) < 4.78 is 0. The second-order valence-electron chi connectivity index (χ2n) is 5.07. The van der Waals surface area contributed by atoms with Gasteiger partial charge in [0.05, 0.1) is 0 Å². The number of rotatable bonds is 2. The van der Waals surface area contributed by atoms with Crippen molar-refractivity contribution in [3.05, 3.63) is 23.4 Å². The number of aryl methyl sites for hydroxylation is 1. The maximum Gasteiger partial charge on any atom is 0.129 e. The van der Waals surface area contributed by atoms with Gasteiger partial charge in [-0.2, -0.15) is 0 Å². The Kier molecular flexibility index (Phi) is 3.52. The molecule has 1 unspecified atom stereocenters. The van der Waals surface area contributed by atoms with Crippen molar-refractivity contribution in [2.45, 2.75) is 19.9 Å². The van der Waals surface area contributed by atoms with Crippen molar-refractivity contribution in [2.75, 3.05) is 31.6 Å². The number of amidine groups is 1. The second kappa shape index (κ2) is 4.94. The highest BCUT2D eigenvalue weighted by molar-refractivity contribution is 5.95. The topological polar surface area (TPSA) is 69.2 Å². The predicted molar refractivity (Wildman–Crippen MR) is 74.3 cm³/mol. The van der Waals surface area contributed by atoms with Crippen LogP contribution in [0.5, 0.6) is 0 Å². The standard InChI is InChI=1S/C13H21N5/c1-9-6-11(13(14)15)7-12(16-9)18-5-4-17(3)8-10(18)2/h6-7,10H,4-5,8H2,1-3H3,(H3,14,15). The summed E-state index contributed by atoms with van der Waals surface area (Å²) in [7, 11) is 2.14. The normalized spacial score (nSPS) is 21.1. The number of nitrogens with one attached hydrogen (secondary N) is 1. The van der Waals surface area contributed by atoms with Gasteiger partial charge in [-0.1, -0.05) is 0 Å². The van der Waals surface area contributed by atoms with Crippen molar-refractivity contribution in [1.82, 2.24) is 9.88 Å². The largest absolute Gasteiger partial charge is 0.384 e. The zero-order valence-electron chi connectivity index (χ0n) is 11.3. The Balaban J connectivity index is 2.30. The second-order valence-corrected chi connectivity index (χ2v) is 5.07. The molecule has 3 N–H and O–H groups in total. The molecule has 1 saturated heterocycles. The summed E-state index contributed by atoms with van der Waals surface area (Å²) in [5, 5.41) is 7.55. The molecule has 1 aromatic rings. The van der Waals surface area contributed by atoms with Crippen LogP contribution in [0, 0.1) is 12.3 Å². The lowest BCUT2D eigenvalue weighted by Gasteiger charge is -2.39. The average molecular weight is 247 g/mol. The molecule has 1 fully saturated rings. The number of anilines is 1. The van der Waals surface area contributed by atoms with E-state index in [2.05, 4.69) is 28.8 Å². The molecule has 0 radical (unpaired) electrons. The van der Waals surface area contributed by atoms with Crippen LogP contribution in [0.1, 0.15) is 18.2 Å². The number of likely N-dealkylation sites (N-methyl/N-ethyl adjacent to an activating group) is 1. The van der Waals surface area contributed by atoms with Crippen LogP contribution in [-0.2, 0) is 0 Å². The first-order chi connectivity index (χ1) is 8.47. The van der Waals surface area contributed by atoms with Crippen molar-refractivity contribution in [1.29, 1.82) is 5.41 Å². The Bertz CT molecular complexity index is 457. The fourth-order valence-corrected chi connectivity index (χ4v) is 2.43. The summed E-state index contributed by atoms with van der Waals surface area (Å²) in [5.41, 5.74) is 7.23. The third kappa shape index (κ3) is 2.61. The van der Waals surface area contributed by atoms with Crippen molar-refractivity contribution in [2.24, 2.45) is 5.73 Å². The van der Waals surface area contributed by atoms with Crippen LogP contribution in [0.3, 0.4) is 0 Å². The SMILES string of the molecule is Cc1cc(C(=N)N)cc(N2CCN(C)CC2C)n1. The van der Waals surface area contributed by atoms with Gasteiger partial charge >= 0.3 is 0 Å². The number of aromatic nitrogens is 1. The lowest BCUT2D eigenvalue weighted by molar-refractivity contribution is 0.274. The van der Waals surface area contributed by atoms with E-state index in [1.807, 2.05) is 19.1 Å². The van der Waals surface area contributed by atoms with Crippen LogP contribution in [0.2, 0.25) is 0 Å². The van der Waals surface area contributed by atoms with Gasteiger partial charge in [0.1, 0.15) is 11.7 Å². The Morgan fingerprint density at radius 2 is 2.17 bits per heavy atom. The number of hydrogen-bond donors (Lipinski definition) is 2. The molecule has 0 saturated carbocycles. The number of pyridine rings is 1. The van der Waals surface area contributed by atoms with Crippen LogP contribution < -0.4 is 10.6 Å². The summed E-state index contributed by atoms with van der Waals surface area (Å²) in [6.45, 7) is 7.18. The van der Waals surface area contributed by atoms with E-state index in [1.165, 1.54) is 0 Å². The Morgan fingerprint density at radius 1 is 1.44 bits per heavy atom. The number of nitrogen functional groups attached to an aromatic ring is 1. The molecule has 1 aliphatic heterocycles. The molecule has 18 heavy (non-hydrogen) atoms. The van der Waals surface area contributed by atoms with E-state index in [4.69, 9.17) is 11.1 Å². The van der Waals surface area contributed by atoms with E-state index in [-0.39, 0.29) is 5.84 Å². The predicted octanol–water partition coefficient (Wildman–Crippen LogP) is 0.814. The maximum atomic E-state index is 7.55. The molecular formula is C13H21N5. The van der Waals surface area contributed by atoms with Gasteiger partial charge in [0, 0.05) is 36.9 Å². The quantitative estimate of drug-likeness (QED) is 0.599. The molecule has 2 rings (SSSR count). The summed E-state index contributed by atoms with van der Waals surface area (Å²) in [4.78, 5) is 9.18. The van der Waals surface area contributed by atoms with Gasteiger partial charge in [-0.3, -0.25) is 5.41 Å². The van der Waals surface area contributed by atoms with Crippen molar-refractivity contribution in [3.63, 3.8) is 0 Å². The number of piperazine rings is 1. The first-order valence-corrected chi connectivity index (χ1v) is 6.25. The van der Waals surface area contributed by atoms with E-state index in [0.717, 1.165) is 36.7 Å². The minimum Gasteiger partial charge on any atom is -0.384 e. The van der Waals surface area contributed by atoms with E-state index >= 15 is 0 Å². The highest BCUT2D eigenvalue weighted by Gasteiger charge is 2.23. The van der Waals surface area contributed by atoms with Gasteiger partial charge in [0.2, 0.25) is 0 Å². The van der Waals surface area contributed by atoms with E-state index in [0.29, 0.717) is 6.04 Å². The van der Waals surface area contributed by atoms with E-state index in [1.54, 1.807) is 0 Å².